The highest BCUT2D eigenvalue weighted by Crippen LogP contribution is 2.34. The molecule has 2 rings (SSSR count). The van der Waals surface area contributed by atoms with Crippen LogP contribution >= 0.6 is 11.6 Å². The van der Waals surface area contributed by atoms with Crippen LogP contribution in [-0.4, -0.2) is 5.16 Å². The second kappa shape index (κ2) is 4.18. The molecule has 0 saturated heterocycles. The van der Waals surface area contributed by atoms with Gasteiger partial charge in [0.2, 0.25) is 0 Å². The van der Waals surface area contributed by atoms with E-state index >= 15 is 0 Å². The minimum atomic E-state index is 0.264. The quantitative estimate of drug-likeness (QED) is 0.865. The van der Waals surface area contributed by atoms with Crippen molar-refractivity contribution >= 4 is 17.4 Å². The maximum atomic E-state index is 5.94. The molecule has 0 saturated carbocycles. The van der Waals surface area contributed by atoms with E-state index in [0.29, 0.717) is 16.6 Å². The zero-order chi connectivity index (χ0) is 11.7. The van der Waals surface area contributed by atoms with Gasteiger partial charge in [0.1, 0.15) is 0 Å². The highest BCUT2D eigenvalue weighted by molar-refractivity contribution is 6.30. The summed E-state index contributed by atoms with van der Waals surface area (Å²) in [4.78, 5) is 0. The first-order chi connectivity index (χ1) is 7.59. The van der Waals surface area contributed by atoms with Crippen LogP contribution in [0.2, 0.25) is 5.02 Å². The Hall–Kier alpha value is -1.48. The van der Waals surface area contributed by atoms with E-state index in [1.807, 2.05) is 24.3 Å². The summed E-state index contributed by atoms with van der Waals surface area (Å²) in [6.07, 6.45) is 0. The van der Waals surface area contributed by atoms with Gasteiger partial charge in [0.15, 0.2) is 11.6 Å². The van der Waals surface area contributed by atoms with Crippen molar-refractivity contribution in [1.82, 2.24) is 5.16 Å². The number of hydrogen-bond acceptors (Lipinski definition) is 3. The van der Waals surface area contributed by atoms with Gasteiger partial charge in [0.05, 0.1) is 0 Å². The second-order valence-corrected chi connectivity index (χ2v) is 4.41. The molecule has 0 radical (unpaired) electrons. The summed E-state index contributed by atoms with van der Waals surface area (Å²) in [6.45, 7) is 4.11. The summed E-state index contributed by atoms with van der Waals surface area (Å²) < 4.78 is 5.26. The summed E-state index contributed by atoms with van der Waals surface area (Å²) in [7, 11) is 0. The van der Waals surface area contributed by atoms with Crippen molar-refractivity contribution in [2.45, 2.75) is 19.8 Å². The predicted octanol–water partition coefficient (Wildman–Crippen LogP) is 3.70. The van der Waals surface area contributed by atoms with Crippen molar-refractivity contribution < 1.29 is 4.52 Å². The first-order valence-corrected chi connectivity index (χ1v) is 5.48. The van der Waals surface area contributed by atoms with Crippen LogP contribution in [0.25, 0.3) is 11.3 Å². The molecule has 4 heteroatoms. The molecule has 0 spiro atoms. The lowest BCUT2D eigenvalue weighted by atomic mass is 9.99. The summed E-state index contributed by atoms with van der Waals surface area (Å²) in [5, 5.41) is 4.47. The number of hydrogen-bond donors (Lipinski definition) is 1. The van der Waals surface area contributed by atoms with Crippen molar-refractivity contribution in [3.8, 4) is 11.3 Å². The molecule has 0 bridgehead atoms. The molecule has 84 valence electrons. The van der Waals surface area contributed by atoms with Crippen LogP contribution in [0, 0.1) is 0 Å². The van der Waals surface area contributed by atoms with E-state index in [-0.39, 0.29) is 5.92 Å². The van der Waals surface area contributed by atoms with Gasteiger partial charge in [0, 0.05) is 16.1 Å². The maximum Gasteiger partial charge on any atom is 0.172 e. The number of nitrogens with zero attached hydrogens (tertiary/aromatic N) is 1. The average molecular weight is 237 g/mol. The van der Waals surface area contributed by atoms with Crippen molar-refractivity contribution in [1.29, 1.82) is 0 Å². The third kappa shape index (κ3) is 1.91. The Kier molecular flexibility index (Phi) is 2.88. The minimum absolute atomic E-state index is 0.264. The van der Waals surface area contributed by atoms with Gasteiger partial charge in [-0.25, -0.2) is 0 Å². The fourth-order valence-electron chi connectivity index (χ4n) is 1.71. The zero-order valence-corrected chi connectivity index (χ0v) is 9.95. The number of nitrogens with two attached hydrogens (primary N) is 1. The van der Waals surface area contributed by atoms with Gasteiger partial charge < -0.3 is 10.3 Å². The van der Waals surface area contributed by atoms with Crippen molar-refractivity contribution in [2.75, 3.05) is 5.73 Å². The fraction of sp³-hybridized carbons (Fsp3) is 0.250. The largest absolute Gasteiger partial charge is 0.381 e. The molecule has 1 aromatic carbocycles. The molecule has 16 heavy (non-hydrogen) atoms. The van der Waals surface area contributed by atoms with Gasteiger partial charge in [-0.15, -0.1) is 0 Å². The summed E-state index contributed by atoms with van der Waals surface area (Å²) >= 11 is 5.94. The topological polar surface area (TPSA) is 52.0 Å². The Labute approximate surface area is 99.2 Å². The Morgan fingerprint density at radius 1 is 1.38 bits per heavy atom. The molecule has 0 aliphatic carbocycles. The molecule has 2 N–H and O–H groups in total. The van der Waals surface area contributed by atoms with E-state index in [1.165, 1.54) is 0 Å². The van der Waals surface area contributed by atoms with Crippen LogP contribution in [0.5, 0.6) is 0 Å². The molecule has 3 nitrogen and oxygen atoms in total. The zero-order valence-electron chi connectivity index (χ0n) is 9.20. The number of rotatable bonds is 2. The van der Waals surface area contributed by atoms with E-state index < -0.39 is 0 Å². The molecule has 0 aliphatic rings. The molecule has 1 heterocycles. The molecular weight excluding hydrogens is 224 g/mol. The van der Waals surface area contributed by atoms with Crippen LogP contribution in [0.4, 0.5) is 5.82 Å². The third-order valence-corrected chi connectivity index (χ3v) is 2.66. The van der Waals surface area contributed by atoms with Crippen LogP contribution in [-0.2, 0) is 0 Å². The highest BCUT2D eigenvalue weighted by Gasteiger charge is 2.18. The smallest absolute Gasteiger partial charge is 0.172 e. The Morgan fingerprint density at radius 2 is 2.12 bits per heavy atom. The normalized spacial score (nSPS) is 11.0. The van der Waals surface area contributed by atoms with Gasteiger partial charge in [-0.3, -0.25) is 0 Å². The SMILES string of the molecule is CC(C)c1c(N)noc1-c1cccc(Cl)c1. The molecule has 0 unspecified atom stereocenters. The van der Waals surface area contributed by atoms with Crippen LogP contribution in [0.1, 0.15) is 25.3 Å². The van der Waals surface area contributed by atoms with E-state index in [2.05, 4.69) is 19.0 Å². The number of nitrogen functional groups attached to an aromatic ring is 1. The monoisotopic (exact) mass is 236 g/mol. The Balaban J connectivity index is 2.56. The lowest BCUT2D eigenvalue weighted by Crippen LogP contribution is -1.95. The molecular formula is C12H13ClN2O. The number of anilines is 1. The molecule has 1 aromatic heterocycles. The summed E-state index contributed by atoms with van der Waals surface area (Å²) in [6, 6.07) is 7.46. The van der Waals surface area contributed by atoms with Crippen molar-refractivity contribution in [3.05, 3.63) is 34.9 Å². The number of aromatic nitrogens is 1. The summed E-state index contributed by atoms with van der Waals surface area (Å²) in [5.41, 5.74) is 7.62. The second-order valence-electron chi connectivity index (χ2n) is 3.98. The van der Waals surface area contributed by atoms with E-state index in [1.54, 1.807) is 0 Å². The minimum Gasteiger partial charge on any atom is -0.381 e. The van der Waals surface area contributed by atoms with E-state index in [0.717, 1.165) is 11.1 Å². The lowest BCUT2D eigenvalue weighted by molar-refractivity contribution is 0.434. The van der Waals surface area contributed by atoms with Crippen molar-refractivity contribution in [3.63, 3.8) is 0 Å². The average Bonchev–Trinajstić information content (AvgIpc) is 2.60. The van der Waals surface area contributed by atoms with Crippen LogP contribution in [0.3, 0.4) is 0 Å². The molecule has 0 fully saturated rings. The summed E-state index contributed by atoms with van der Waals surface area (Å²) in [5.74, 6) is 1.42. The van der Waals surface area contributed by atoms with Gasteiger partial charge in [0.25, 0.3) is 0 Å². The predicted molar refractivity (Wildman–Crippen MR) is 65.5 cm³/mol. The maximum absolute atomic E-state index is 5.94. The van der Waals surface area contributed by atoms with Gasteiger partial charge in [-0.1, -0.05) is 42.7 Å². The number of halogens is 1. The van der Waals surface area contributed by atoms with Crippen molar-refractivity contribution in [2.24, 2.45) is 0 Å². The van der Waals surface area contributed by atoms with Crippen LogP contribution in [0.15, 0.2) is 28.8 Å². The molecule has 0 amide bonds. The molecule has 2 aromatic rings. The van der Waals surface area contributed by atoms with Gasteiger partial charge >= 0.3 is 0 Å². The van der Waals surface area contributed by atoms with Gasteiger partial charge in [-0.2, -0.15) is 0 Å². The molecule has 0 aliphatic heterocycles. The first-order valence-electron chi connectivity index (χ1n) is 5.10. The molecule has 0 atom stereocenters. The fourth-order valence-corrected chi connectivity index (χ4v) is 1.90. The van der Waals surface area contributed by atoms with Crippen LogP contribution < -0.4 is 5.73 Å². The Bertz CT molecular complexity index is 505. The highest BCUT2D eigenvalue weighted by atomic mass is 35.5. The van der Waals surface area contributed by atoms with E-state index in [9.17, 15) is 0 Å². The van der Waals surface area contributed by atoms with Gasteiger partial charge in [-0.05, 0) is 18.1 Å². The van der Waals surface area contributed by atoms with E-state index in [4.69, 9.17) is 21.9 Å². The standard InChI is InChI=1S/C12H13ClN2O/c1-7(2)10-11(16-15-12(10)14)8-4-3-5-9(13)6-8/h3-7H,1-2H3,(H2,14,15). The number of benzene rings is 1. The first kappa shape index (κ1) is 11.0. The lowest BCUT2D eigenvalue weighted by Gasteiger charge is -2.05. The third-order valence-electron chi connectivity index (χ3n) is 2.42. The Morgan fingerprint density at radius 3 is 2.75 bits per heavy atom.